The summed E-state index contributed by atoms with van der Waals surface area (Å²) in [6.07, 6.45) is 3.55. The van der Waals surface area contributed by atoms with Crippen LogP contribution in [0.25, 0.3) is 0 Å². The van der Waals surface area contributed by atoms with Gasteiger partial charge in [-0.25, -0.2) is 9.97 Å². The molecule has 20 heavy (non-hydrogen) atoms. The van der Waals surface area contributed by atoms with Crippen molar-refractivity contribution in [3.8, 4) is 6.07 Å². The molecule has 2 aromatic rings. The number of hydrogen-bond donors (Lipinski definition) is 1. The summed E-state index contributed by atoms with van der Waals surface area (Å²) in [7, 11) is 0. The van der Waals surface area contributed by atoms with E-state index >= 15 is 0 Å². The molecule has 1 aromatic heterocycles. The number of aryl methyl sites for hydroxylation is 1. The van der Waals surface area contributed by atoms with Crippen LogP contribution in [-0.4, -0.2) is 15.2 Å². The fourth-order valence-electron chi connectivity index (χ4n) is 1.77. The second kappa shape index (κ2) is 6.92. The van der Waals surface area contributed by atoms with E-state index in [2.05, 4.69) is 41.2 Å². The Bertz CT molecular complexity index is 607. The fraction of sp³-hybridized carbons (Fsp3) is 0.267. The van der Waals surface area contributed by atoms with Gasteiger partial charge >= 0.3 is 0 Å². The van der Waals surface area contributed by atoms with Gasteiger partial charge in [0.2, 0.25) is 0 Å². The number of aromatic nitrogens is 2. The van der Waals surface area contributed by atoms with Crippen molar-refractivity contribution in [3.63, 3.8) is 0 Å². The summed E-state index contributed by atoms with van der Waals surface area (Å²) in [5, 5.41) is 9.80. The van der Waals surface area contributed by atoms with Gasteiger partial charge in [0.15, 0.2) is 5.16 Å². The van der Waals surface area contributed by atoms with Crippen molar-refractivity contribution in [2.45, 2.75) is 30.2 Å². The Morgan fingerprint density at radius 3 is 2.75 bits per heavy atom. The van der Waals surface area contributed by atoms with Crippen LogP contribution < -0.4 is 5.73 Å². The van der Waals surface area contributed by atoms with E-state index in [0.29, 0.717) is 16.0 Å². The standard InChI is InChI=1S/C15H16N4S/c1-11(7-8-12-5-3-2-4-6-12)20-15-18-10-13(9-16)14(17)19-15/h2-6,10-11H,7-8H2,1H3,(H2,17,18,19)/t11-/m0/s1. The molecule has 1 atom stereocenters. The van der Waals surface area contributed by atoms with Crippen LogP contribution in [-0.2, 0) is 6.42 Å². The summed E-state index contributed by atoms with van der Waals surface area (Å²) in [6.45, 7) is 2.14. The molecular formula is C15H16N4S. The number of thioether (sulfide) groups is 1. The maximum atomic E-state index is 8.78. The van der Waals surface area contributed by atoms with E-state index in [0.717, 1.165) is 12.8 Å². The van der Waals surface area contributed by atoms with Gasteiger partial charge in [-0.05, 0) is 18.4 Å². The van der Waals surface area contributed by atoms with Crippen molar-refractivity contribution in [1.29, 1.82) is 5.26 Å². The Balaban J connectivity index is 1.90. The molecule has 0 aliphatic carbocycles. The van der Waals surface area contributed by atoms with Crippen molar-refractivity contribution in [2.75, 3.05) is 5.73 Å². The van der Waals surface area contributed by atoms with Crippen LogP contribution in [0.2, 0.25) is 0 Å². The molecule has 102 valence electrons. The molecule has 0 bridgehead atoms. The van der Waals surface area contributed by atoms with Crippen molar-refractivity contribution < 1.29 is 0 Å². The van der Waals surface area contributed by atoms with E-state index in [-0.39, 0.29) is 5.82 Å². The minimum absolute atomic E-state index is 0.250. The lowest BCUT2D eigenvalue weighted by molar-refractivity contribution is 0.805. The second-order valence-electron chi connectivity index (χ2n) is 4.52. The predicted molar refractivity (Wildman–Crippen MR) is 81.2 cm³/mol. The summed E-state index contributed by atoms with van der Waals surface area (Å²) in [4.78, 5) is 8.30. The van der Waals surface area contributed by atoms with E-state index in [9.17, 15) is 0 Å². The van der Waals surface area contributed by atoms with Gasteiger partial charge in [0.1, 0.15) is 17.5 Å². The number of nitriles is 1. The molecule has 1 aromatic carbocycles. The Kier molecular flexibility index (Phi) is 4.97. The minimum atomic E-state index is 0.250. The quantitative estimate of drug-likeness (QED) is 0.674. The molecule has 0 amide bonds. The molecule has 0 saturated carbocycles. The monoisotopic (exact) mass is 284 g/mol. The summed E-state index contributed by atoms with van der Waals surface area (Å²) in [5.74, 6) is 0.250. The highest BCUT2D eigenvalue weighted by atomic mass is 32.2. The number of hydrogen-bond acceptors (Lipinski definition) is 5. The summed E-state index contributed by atoms with van der Waals surface area (Å²) in [5.41, 5.74) is 7.34. The smallest absolute Gasteiger partial charge is 0.189 e. The topological polar surface area (TPSA) is 75.6 Å². The van der Waals surface area contributed by atoms with Gasteiger partial charge in [-0.1, -0.05) is 49.0 Å². The molecule has 2 rings (SSSR count). The maximum absolute atomic E-state index is 8.78. The van der Waals surface area contributed by atoms with Gasteiger partial charge in [0.25, 0.3) is 0 Å². The number of nitrogen functional groups attached to an aromatic ring is 1. The van der Waals surface area contributed by atoms with Gasteiger partial charge in [-0.2, -0.15) is 5.26 Å². The van der Waals surface area contributed by atoms with Crippen molar-refractivity contribution in [2.24, 2.45) is 0 Å². The van der Waals surface area contributed by atoms with Crippen LogP contribution in [0.5, 0.6) is 0 Å². The van der Waals surface area contributed by atoms with Crippen LogP contribution in [0.1, 0.15) is 24.5 Å². The summed E-state index contributed by atoms with van der Waals surface area (Å²) < 4.78 is 0. The number of rotatable bonds is 5. The number of benzene rings is 1. The molecule has 1 heterocycles. The lowest BCUT2D eigenvalue weighted by Gasteiger charge is -2.10. The van der Waals surface area contributed by atoms with E-state index < -0.39 is 0 Å². The average molecular weight is 284 g/mol. The molecule has 4 nitrogen and oxygen atoms in total. The number of anilines is 1. The van der Waals surface area contributed by atoms with Crippen molar-refractivity contribution in [1.82, 2.24) is 9.97 Å². The van der Waals surface area contributed by atoms with Crippen molar-refractivity contribution >= 4 is 17.6 Å². The van der Waals surface area contributed by atoms with Crippen molar-refractivity contribution in [3.05, 3.63) is 47.7 Å². The van der Waals surface area contributed by atoms with Crippen LogP contribution in [0.4, 0.5) is 5.82 Å². The van der Waals surface area contributed by atoms with Gasteiger partial charge in [-0.15, -0.1) is 0 Å². The molecule has 0 aliphatic rings. The van der Waals surface area contributed by atoms with Gasteiger partial charge < -0.3 is 5.73 Å². The number of nitrogens with zero attached hydrogens (tertiary/aromatic N) is 3. The first-order valence-corrected chi connectivity index (χ1v) is 7.30. The van der Waals surface area contributed by atoms with E-state index in [1.807, 2.05) is 12.1 Å². The van der Waals surface area contributed by atoms with E-state index in [1.54, 1.807) is 11.8 Å². The molecule has 5 heteroatoms. The SMILES string of the molecule is C[C@@H](CCc1ccccc1)Sc1ncc(C#N)c(N)n1. The first-order chi connectivity index (χ1) is 9.69. The van der Waals surface area contributed by atoms with Crippen LogP contribution in [0.3, 0.4) is 0 Å². The lowest BCUT2D eigenvalue weighted by atomic mass is 10.1. The lowest BCUT2D eigenvalue weighted by Crippen LogP contribution is -2.03. The van der Waals surface area contributed by atoms with Gasteiger partial charge in [0, 0.05) is 5.25 Å². The highest BCUT2D eigenvalue weighted by Gasteiger charge is 2.09. The average Bonchev–Trinajstić information content (AvgIpc) is 2.46. The molecule has 0 spiro atoms. The zero-order chi connectivity index (χ0) is 14.4. The van der Waals surface area contributed by atoms with Crippen LogP contribution in [0.15, 0.2) is 41.7 Å². The Morgan fingerprint density at radius 2 is 2.10 bits per heavy atom. The van der Waals surface area contributed by atoms with Gasteiger partial charge in [0.05, 0.1) is 6.20 Å². The third-order valence-corrected chi connectivity index (χ3v) is 3.95. The zero-order valence-electron chi connectivity index (χ0n) is 11.3. The molecular weight excluding hydrogens is 268 g/mol. The van der Waals surface area contributed by atoms with E-state index in [4.69, 9.17) is 11.0 Å². The maximum Gasteiger partial charge on any atom is 0.189 e. The largest absolute Gasteiger partial charge is 0.382 e. The van der Waals surface area contributed by atoms with Crippen LogP contribution in [0, 0.1) is 11.3 Å². The van der Waals surface area contributed by atoms with Crippen LogP contribution >= 0.6 is 11.8 Å². The summed E-state index contributed by atoms with van der Waals surface area (Å²) in [6, 6.07) is 12.4. The summed E-state index contributed by atoms with van der Waals surface area (Å²) >= 11 is 1.58. The third-order valence-electron chi connectivity index (χ3n) is 2.91. The van der Waals surface area contributed by atoms with Gasteiger partial charge in [-0.3, -0.25) is 0 Å². The zero-order valence-corrected chi connectivity index (χ0v) is 12.1. The molecule has 2 N–H and O–H groups in total. The highest BCUT2D eigenvalue weighted by Crippen LogP contribution is 2.24. The Hall–Kier alpha value is -2.06. The molecule has 0 aliphatic heterocycles. The second-order valence-corrected chi connectivity index (χ2v) is 5.92. The fourth-order valence-corrected chi connectivity index (χ4v) is 2.63. The normalized spacial score (nSPS) is 11.8. The molecule has 0 radical (unpaired) electrons. The predicted octanol–water partition coefficient (Wildman–Crippen LogP) is 3.04. The van der Waals surface area contributed by atoms with E-state index in [1.165, 1.54) is 11.8 Å². The molecule has 0 fully saturated rings. The Morgan fingerprint density at radius 1 is 1.35 bits per heavy atom. The molecule has 0 unspecified atom stereocenters. The molecule has 0 saturated heterocycles. The Labute approximate surface area is 123 Å². The first-order valence-electron chi connectivity index (χ1n) is 6.42. The minimum Gasteiger partial charge on any atom is -0.382 e. The third kappa shape index (κ3) is 3.97. The first kappa shape index (κ1) is 14.4. The number of nitrogens with two attached hydrogens (primary N) is 1. The highest BCUT2D eigenvalue weighted by molar-refractivity contribution is 7.99.